The summed E-state index contributed by atoms with van der Waals surface area (Å²) in [6.45, 7) is 7.10. The normalized spacial score (nSPS) is 12.1. The molecule has 0 saturated carbocycles. The Bertz CT molecular complexity index is 1410. The molecule has 0 bridgehead atoms. The van der Waals surface area contributed by atoms with Crippen LogP contribution in [0.25, 0.3) is 0 Å². The largest absolute Gasteiger partial charge is 0.496 e. The minimum atomic E-state index is -4.19. The highest BCUT2D eigenvalue weighted by Gasteiger charge is 2.34. The molecule has 0 fully saturated rings. The van der Waals surface area contributed by atoms with Crippen LogP contribution in [-0.2, 0) is 26.2 Å². The molecule has 0 aromatic heterocycles. The van der Waals surface area contributed by atoms with Crippen molar-refractivity contribution in [2.45, 2.75) is 57.6 Å². The van der Waals surface area contributed by atoms with Crippen LogP contribution >= 0.6 is 15.9 Å². The number of carbonyl (C=O) groups excluding carboxylic acids is 2. The molecule has 0 aliphatic carbocycles. The van der Waals surface area contributed by atoms with Crippen molar-refractivity contribution in [3.8, 4) is 5.75 Å². The molecule has 2 amide bonds. The van der Waals surface area contributed by atoms with Gasteiger partial charge in [-0.05, 0) is 79.0 Å². The van der Waals surface area contributed by atoms with Crippen molar-refractivity contribution in [1.82, 2.24) is 10.2 Å². The van der Waals surface area contributed by atoms with Crippen molar-refractivity contribution >= 4 is 43.5 Å². The molecular weight excluding hydrogens is 594 g/mol. The Morgan fingerprint density at radius 2 is 1.65 bits per heavy atom. The molecule has 0 heterocycles. The summed E-state index contributed by atoms with van der Waals surface area (Å²) < 4.78 is 34.9. The van der Waals surface area contributed by atoms with E-state index in [4.69, 9.17) is 4.74 Å². The van der Waals surface area contributed by atoms with E-state index in [0.29, 0.717) is 22.3 Å². The molecule has 40 heavy (non-hydrogen) atoms. The number of nitrogens with zero attached hydrogens (tertiary/aromatic N) is 2. The number of hydrogen-bond acceptors (Lipinski definition) is 5. The van der Waals surface area contributed by atoms with E-state index in [9.17, 15) is 18.0 Å². The Kier molecular flexibility index (Phi) is 10.8. The number of sulfonamides is 1. The van der Waals surface area contributed by atoms with E-state index in [1.165, 1.54) is 24.1 Å². The van der Waals surface area contributed by atoms with Gasteiger partial charge in [0, 0.05) is 12.6 Å². The molecule has 3 aromatic carbocycles. The molecule has 0 spiro atoms. The Hall–Kier alpha value is -3.37. The molecule has 0 radical (unpaired) electrons. The molecular formula is C30H36BrN3O5S. The van der Waals surface area contributed by atoms with E-state index < -0.39 is 28.5 Å². The van der Waals surface area contributed by atoms with E-state index in [0.717, 1.165) is 15.4 Å². The molecule has 214 valence electrons. The van der Waals surface area contributed by atoms with E-state index in [1.54, 1.807) is 30.3 Å². The Morgan fingerprint density at radius 3 is 2.20 bits per heavy atom. The lowest BCUT2D eigenvalue weighted by atomic mass is 10.1. The fraction of sp³-hybridized carbons (Fsp3) is 0.333. The number of anilines is 1. The number of aryl methyl sites for hydroxylation is 1. The third-order valence-electron chi connectivity index (χ3n) is 6.32. The minimum Gasteiger partial charge on any atom is -0.496 e. The number of ether oxygens (including phenoxy) is 1. The molecule has 3 aromatic rings. The van der Waals surface area contributed by atoms with Gasteiger partial charge in [0.25, 0.3) is 10.0 Å². The zero-order valence-electron chi connectivity index (χ0n) is 23.4. The first-order valence-electron chi connectivity index (χ1n) is 13.0. The lowest BCUT2D eigenvalue weighted by Gasteiger charge is -2.33. The average molecular weight is 631 g/mol. The highest BCUT2D eigenvalue weighted by Crippen LogP contribution is 2.31. The Morgan fingerprint density at radius 1 is 1.00 bits per heavy atom. The van der Waals surface area contributed by atoms with Crippen molar-refractivity contribution in [3.63, 3.8) is 0 Å². The van der Waals surface area contributed by atoms with Crippen molar-refractivity contribution in [3.05, 3.63) is 88.4 Å². The monoisotopic (exact) mass is 629 g/mol. The number of benzene rings is 3. The predicted molar refractivity (Wildman–Crippen MR) is 161 cm³/mol. The van der Waals surface area contributed by atoms with Crippen LogP contribution < -0.4 is 14.4 Å². The maximum absolute atomic E-state index is 14.0. The van der Waals surface area contributed by atoms with E-state index in [-0.39, 0.29) is 23.4 Å². The second-order valence-corrected chi connectivity index (χ2v) is 12.5. The van der Waals surface area contributed by atoms with Gasteiger partial charge in [-0.25, -0.2) is 8.42 Å². The third kappa shape index (κ3) is 7.63. The molecule has 8 nitrogen and oxygen atoms in total. The molecule has 0 saturated heterocycles. The summed E-state index contributed by atoms with van der Waals surface area (Å²) >= 11 is 3.36. The first-order valence-corrected chi connectivity index (χ1v) is 15.3. The van der Waals surface area contributed by atoms with Gasteiger partial charge in [0.15, 0.2) is 0 Å². The molecule has 0 aliphatic heterocycles. The van der Waals surface area contributed by atoms with Crippen LogP contribution in [0, 0.1) is 6.92 Å². The first kappa shape index (κ1) is 31.2. The summed E-state index contributed by atoms with van der Waals surface area (Å²) in [5.74, 6) is -0.301. The number of rotatable bonds is 12. The highest BCUT2D eigenvalue weighted by molar-refractivity contribution is 9.10. The predicted octanol–water partition coefficient (Wildman–Crippen LogP) is 5.29. The van der Waals surface area contributed by atoms with Gasteiger partial charge in [0.05, 0.1) is 22.2 Å². The van der Waals surface area contributed by atoms with Gasteiger partial charge in [0.1, 0.15) is 18.3 Å². The number of carbonyl (C=O) groups is 2. The van der Waals surface area contributed by atoms with Crippen LogP contribution in [-0.4, -0.2) is 50.9 Å². The van der Waals surface area contributed by atoms with Crippen LogP contribution in [0.15, 0.2) is 82.2 Å². The van der Waals surface area contributed by atoms with Crippen LogP contribution in [0.5, 0.6) is 5.75 Å². The second-order valence-electron chi connectivity index (χ2n) is 9.74. The molecule has 0 aliphatic rings. The molecule has 3 rings (SSSR count). The van der Waals surface area contributed by atoms with Crippen molar-refractivity contribution in [2.75, 3.05) is 18.0 Å². The zero-order chi connectivity index (χ0) is 29.4. The van der Waals surface area contributed by atoms with Crippen LogP contribution in [0.1, 0.15) is 38.3 Å². The van der Waals surface area contributed by atoms with Gasteiger partial charge in [-0.1, -0.05) is 55.0 Å². The summed E-state index contributed by atoms with van der Waals surface area (Å²) in [5, 5.41) is 2.90. The topological polar surface area (TPSA) is 96.0 Å². The highest BCUT2D eigenvalue weighted by atomic mass is 79.9. The Labute approximate surface area is 245 Å². The van der Waals surface area contributed by atoms with Crippen molar-refractivity contribution in [1.29, 1.82) is 0 Å². The quantitative estimate of drug-likeness (QED) is 0.294. The van der Waals surface area contributed by atoms with Crippen molar-refractivity contribution < 1.29 is 22.7 Å². The van der Waals surface area contributed by atoms with E-state index in [1.807, 2.05) is 58.0 Å². The van der Waals surface area contributed by atoms with E-state index in [2.05, 4.69) is 21.2 Å². The first-order chi connectivity index (χ1) is 19.0. The number of halogens is 1. The van der Waals surface area contributed by atoms with Crippen LogP contribution in [0.3, 0.4) is 0 Å². The molecule has 10 heteroatoms. The smallest absolute Gasteiger partial charge is 0.264 e. The number of methoxy groups -OCH3 is 1. The van der Waals surface area contributed by atoms with E-state index >= 15 is 0 Å². The summed E-state index contributed by atoms with van der Waals surface area (Å²) in [6.07, 6.45) is 0.361. The minimum absolute atomic E-state index is 0.00671. The molecule has 0 unspecified atom stereocenters. The SMILES string of the molecule is CC[C@@H](C(=O)NC(C)C)N(Cc1ccccc1)C(=O)CN(c1ccc(C)cc1)S(=O)(=O)c1ccc(OC)c(Br)c1. The lowest BCUT2D eigenvalue weighted by Crippen LogP contribution is -2.53. The zero-order valence-corrected chi connectivity index (χ0v) is 25.8. The van der Waals surface area contributed by atoms with Crippen molar-refractivity contribution in [2.24, 2.45) is 0 Å². The fourth-order valence-corrected chi connectivity index (χ4v) is 6.39. The summed E-state index contributed by atoms with van der Waals surface area (Å²) in [4.78, 5) is 28.7. The van der Waals surface area contributed by atoms with Crippen LogP contribution in [0.2, 0.25) is 0 Å². The molecule has 1 atom stereocenters. The number of hydrogen-bond donors (Lipinski definition) is 1. The summed E-state index contributed by atoms with van der Waals surface area (Å²) in [5.41, 5.74) is 2.11. The second kappa shape index (κ2) is 13.8. The van der Waals surface area contributed by atoms with Gasteiger partial charge in [-0.15, -0.1) is 0 Å². The summed E-state index contributed by atoms with van der Waals surface area (Å²) in [7, 11) is -2.70. The fourth-order valence-electron chi connectivity index (χ4n) is 4.25. The average Bonchev–Trinajstić information content (AvgIpc) is 2.92. The lowest BCUT2D eigenvalue weighted by molar-refractivity contribution is -0.140. The Balaban J connectivity index is 2.07. The maximum atomic E-state index is 14.0. The standard InChI is InChI=1S/C30H36BrN3O5S/c1-6-27(30(36)32-21(2)3)33(19-23-10-8-7-9-11-23)29(35)20-34(24-14-12-22(4)13-15-24)40(37,38)25-16-17-28(39-5)26(31)18-25/h7-18,21,27H,6,19-20H2,1-5H3,(H,32,36)/t27-/m0/s1. The number of amides is 2. The van der Waals surface area contributed by atoms with Gasteiger partial charge >= 0.3 is 0 Å². The van der Waals surface area contributed by atoms with Gasteiger partial charge < -0.3 is 15.0 Å². The third-order valence-corrected chi connectivity index (χ3v) is 8.71. The van der Waals surface area contributed by atoms with Gasteiger partial charge in [-0.2, -0.15) is 0 Å². The van der Waals surface area contributed by atoms with Gasteiger partial charge in [0.2, 0.25) is 11.8 Å². The van der Waals surface area contributed by atoms with Gasteiger partial charge in [-0.3, -0.25) is 13.9 Å². The summed E-state index contributed by atoms with van der Waals surface area (Å²) in [6, 6.07) is 19.8. The molecule has 1 N–H and O–H groups in total. The number of nitrogens with one attached hydrogen (secondary N) is 1. The maximum Gasteiger partial charge on any atom is 0.264 e. The van der Waals surface area contributed by atoms with Crippen LogP contribution in [0.4, 0.5) is 5.69 Å².